The second kappa shape index (κ2) is 4.49. The van der Waals surface area contributed by atoms with Gasteiger partial charge in [-0.15, -0.1) is 0 Å². The van der Waals surface area contributed by atoms with Gasteiger partial charge in [-0.3, -0.25) is 4.79 Å². The molecule has 4 rings (SSSR count). The van der Waals surface area contributed by atoms with Crippen LogP contribution in [-0.4, -0.2) is 30.4 Å². The van der Waals surface area contributed by atoms with E-state index in [1.807, 2.05) is 25.1 Å². The van der Waals surface area contributed by atoms with E-state index in [4.69, 9.17) is 14.2 Å². The molecule has 4 atom stereocenters. The molecular weight excluding hydrogens is 284 g/mol. The topological polar surface area (TPSA) is 65.0 Å². The zero-order valence-corrected chi connectivity index (χ0v) is 12.5. The van der Waals surface area contributed by atoms with Crippen LogP contribution in [0.2, 0.25) is 0 Å². The molecule has 2 bridgehead atoms. The van der Waals surface area contributed by atoms with Crippen LogP contribution in [0.15, 0.2) is 30.0 Å². The molecule has 1 aromatic carbocycles. The summed E-state index contributed by atoms with van der Waals surface area (Å²) in [5.41, 5.74) is -0.438. The molecule has 0 saturated heterocycles. The molecular formula is C17H18O5. The number of aliphatic hydroxyl groups is 1. The molecule has 1 saturated carbocycles. The lowest BCUT2D eigenvalue weighted by Crippen LogP contribution is -2.41. The number of carbonyl (C=O) groups excluding carboxylic acids is 1. The number of carbonyl (C=O) groups is 1. The lowest BCUT2D eigenvalue weighted by Gasteiger charge is -2.26. The summed E-state index contributed by atoms with van der Waals surface area (Å²) in [6.45, 7) is 2.14. The Kier molecular flexibility index (Phi) is 2.78. The van der Waals surface area contributed by atoms with Gasteiger partial charge in [0.1, 0.15) is 5.60 Å². The molecule has 0 radical (unpaired) electrons. The van der Waals surface area contributed by atoms with Crippen LogP contribution < -0.4 is 9.47 Å². The fraction of sp³-hybridized carbons (Fsp3) is 0.471. The highest BCUT2D eigenvalue weighted by Gasteiger charge is 2.59. The number of hydrogen-bond donors (Lipinski definition) is 1. The summed E-state index contributed by atoms with van der Waals surface area (Å²) in [5.74, 6) is 1.46. The molecule has 5 nitrogen and oxygen atoms in total. The van der Waals surface area contributed by atoms with Crippen molar-refractivity contribution < 1.29 is 24.1 Å². The Hall–Kier alpha value is -2.01. The minimum absolute atomic E-state index is 0.0594. The third kappa shape index (κ3) is 1.66. The van der Waals surface area contributed by atoms with Gasteiger partial charge < -0.3 is 19.3 Å². The maximum Gasteiger partial charge on any atom is 0.231 e. The molecule has 1 aliphatic heterocycles. The molecule has 0 spiro atoms. The molecule has 116 valence electrons. The lowest BCUT2D eigenvalue weighted by atomic mass is 9.82. The highest BCUT2D eigenvalue weighted by atomic mass is 16.7. The minimum atomic E-state index is -1.44. The summed E-state index contributed by atoms with van der Waals surface area (Å²) in [5, 5.41) is 10.8. The summed E-state index contributed by atoms with van der Waals surface area (Å²) in [6.07, 6.45) is 2.12. The normalized spacial score (nSPS) is 35.5. The van der Waals surface area contributed by atoms with Crippen molar-refractivity contribution >= 4 is 5.78 Å². The van der Waals surface area contributed by atoms with E-state index in [1.165, 1.54) is 0 Å². The molecule has 1 fully saturated rings. The standard InChI is InChI=1S/C17H18O5/c1-9-15(10-3-4-13-14(5-10)22-8-21-13)12-6-11(20-2)7-17(9,19)16(12)18/h3-5,7,9,12,15,19H,6,8H2,1-2H3. The first-order chi connectivity index (χ1) is 10.5. The van der Waals surface area contributed by atoms with Crippen LogP contribution in [0.4, 0.5) is 0 Å². The Labute approximate surface area is 128 Å². The van der Waals surface area contributed by atoms with Gasteiger partial charge in [-0.05, 0) is 23.8 Å². The van der Waals surface area contributed by atoms with Crippen molar-refractivity contribution in [3.05, 3.63) is 35.6 Å². The van der Waals surface area contributed by atoms with Crippen molar-refractivity contribution in [1.82, 2.24) is 0 Å². The number of allylic oxidation sites excluding steroid dienone is 1. The van der Waals surface area contributed by atoms with Crippen LogP contribution >= 0.6 is 0 Å². The van der Waals surface area contributed by atoms with Gasteiger partial charge in [0.25, 0.3) is 0 Å². The van der Waals surface area contributed by atoms with Crippen LogP contribution in [-0.2, 0) is 9.53 Å². The third-order valence-corrected chi connectivity index (χ3v) is 5.24. The Balaban J connectivity index is 1.77. The number of rotatable bonds is 2. The molecule has 1 aromatic rings. The van der Waals surface area contributed by atoms with Crippen LogP contribution in [0, 0.1) is 11.8 Å². The average molecular weight is 302 g/mol. The van der Waals surface area contributed by atoms with Gasteiger partial charge in [0.2, 0.25) is 6.79 Å². The molecule has 3 aliphatic rings. The average Bonchev–Trinajstić information content (AvgIpc) is 3.01. The molecule has 0 amide bonds. The van der Waals surface area contributed by atoms with Gasteiger partial charge in [0.15, 0.2) is 17.3 Å². The maximum atomic E-state index is 12.6. The molecule has 2 aliphatic carbocycles. The number of Topliss-reactive ketones (excluding diaryl/α,β-unsaturated/α-hetero) is 1. The van der Waals surface area contributed by atoms with E-state index in [0.717, 1.165) is 11.3 Å². The van der Waals surface area contributed by atoms with Crippen LogP contribution in [0.3, 0.4) is 0 Å². The van der Waals surface area contributed by atoms with E-state index < -0.39 is 5.60 Å². The quantitative estimate of drug-likeness (QED) is 0.905. The van der Waals surface area contributed by atoms with Gasteiger partial charge in [0.05, 0.1) is 12.9 Å². The largest absolute Gasteiger partial charge is 0.501 e. The maximum absolute atomic E-state index is 12.6. The zero-order chi connectivity index (χ0) is 15.5. The highest BCUT2D eigenvalue weighted by Crippen LogP contribution is 2.54. The molecule has 22 heavy (non-hydrogen) atoms. The zero-order valence-electron chi connectivity index (χ0n) is 12.5. The molecule has 4 unspecified atom stereocenters. The van der Waals surface area contributed by atoms with Crippen molar-refractivity contribution in [2.24, 2.45) is 11.8 Å². The Morgan fingerprint density at radius 2 is 2.09 bits per heavy atom. The van der Waals surface area contributed by atoms with Crippen LogP contribution in [0.25, 0.3) is 0 Å². The third-order valence-electron chi connectivity index (χ3n) is 5.24. The Morgan fingerprint density at radius 3 is 2.86 bits per heavy atom. The fourth-order valence-corrected chi connectivity index (χ4v) is 4.03. The molecule has 5 heteroatoms. The van der Waals surface area contributed by atoms with E-state index in [2.05, 4.69) is 0 Å². The van der Waals surface area contributed by atoms with E-state index in [-0.39, 0.29) is 30.3 Å². The van der Waals surface area contributed by atoms with Crippen molar-refractivity contribution in [2.45, 2.75) is 24.9 Å². The predicted octanol–water partition coefficient (Wildman–Crippen LogP) is 2.00. The predicted molar refractivity (Wildman–Crippen MR) is 77.6 cm³/mol. The van der Waals surface area contributed by atoms with Crippen molar-refractivity contribution in [3.63, 3.8) is 0 Å². The monoisotopic (exact) mass is 302 g/mol. The van der Waals surface area contributed by atoms with E-state index >= 15 is 0 Å². The smallest absolute Gasteiger partial charge is 0.231 e. The Bertz CT molecular complexity index is 680. The van der Waals surface area contributed by atoms with E-state index in [1.54, 1.807) is 13.2 Å². The van der Waals surface area contributed by atoms with Crippen molar-refractivity contribution in [2.75, 3.05) is 13.9 Å². The van der Waals surface area contributed by atoms with Gasteiger partial charge in [-0.1, -0.05) is 13.0 Å². The first kappa shape index (κ1) is 13.6. The molecule has 1 heterocycles. The Morgan fingerprint density at radius 1 is 1.32 bits per heavy atom. The van der Waals surface area contributed by atoms with Crippen molar-refractivity contribution in [3.8, 4) is 11.5 Å². The number of methoxy groups -OCH3 is 1. The summed E-state index contributed by atoms with van der Waals surface area (Å²) in [6, 6.07) is 5.75. The van der Waals surface area contributed by atoms with Crippen LogP contribution in [0.1, 0.15) is 24.8 Å². The van der Waals surface area contributed by atoms with Gasteiger partial charge in [-0.2, -0.15) is 0 Å². The molecule has 0 aromatic heterocycles. The number of benzene rings is 1. The summed E-state index contributed by atoms with van der Waals surface area (Å²) in [4.78, 5) is 12.6. The lowest BCUT2D eigenvalue weighted by molar-refractivity contribution is -0.135. The summed E-state index contributed by atoms with van der Waals surface area (Å²) in [7, 11) is 1.57. The SMILES string of the molecule is COC1=CC2(O)C(=O)C(C1)C(c1ccc3c(c1)OCO3)C2C. The van der Waals surface area contributed by atoms with E-state index in [0.29, 0.717) is 17.9 Å². The second-order valence-corrected chi connectivity index (χ2v) is 6.24. The highest BCUT2D eigenvalue weighted by molar-refractivity contribution is 5.96. The van der Waals surface area contributed by atoms with Crippen molar-refractivity contribution in [1.29, 1.82) is 0 Å². The number of fused-ring (bicyclic) bond motifs is 3. The molecule has 1 N–H and O–H groups in total. The van der Waals surface area contributed by atoms with Gasteiger partial charge >= 0.3 is 0 Å². The number of ether oxygens (including phenoxy) is 3. The summed E-state index contributed by atoms with van der Waals surface area (Å²) < 4.78 is 16.1. The van der Waals surface area contributed by atoms with Gasteiger partial charge in [0, 0.05) is 24.2 Å². The summed E-state index contributed by atoms with van der Waals surface area (Å²) >= 11 is 0. The number of ketones is 1. The second-order valence-electron chi connectivity index (χ2n) is 6.24. The first-order valence-corrected chi connectivity index (χ1v) is 7.46. The van der Waals surface area contributed by atoms with Crippen LogP contribution in [0.5, 0.6) is 11.5 Å². The van der Waals surface area contributed by atoms with Gasteiger partial charge in [-0.25, -0.2) is 0 Å². The first-order valence-electron chi connectivity index (χ1n) is 7.46. The minimum Gasteiger partial charge on any atom is -0.501 e. The fourth-order valence-electron chi connectivity index (χ4n) is 4.03. The van der Waals surface area contributed by atoms with E-state index in [9.17, 15) is 9.90 Å². The number of hydrogen-bond acceptors (Lipinski definition) is 5.